The van der Waals surface area contributed by atoms with Crippen LogP contribution in [-0.2, 0) is 17.9 Å². The molecule has 1 aromatic carbocycles. The van der Waals surface area contributed by atoms with Gasteiger partial charge in [-0.25, -0.2) is 13.6 Å². The van der Waals surface area contributed by atoms with Crippen molar-refractivity contribution in [1.82, 2.24) is 13.5 Å². The lowest BCUT2D eigenvalue weighted by Gasteiger charge is -2.12. The third-order valence-corrected chi connectivity index (χ3v) is 4.32. The number of anilines is 1. The number of aromatic nitrogens is 3. The number of amides is 1. The fourth-order valence-electron chi connectivity index (χ4n) is 2.54. The lowest BCUT2D eigenvalue weighted by atomic mass is 10.3. The molecule has 0 aliphatic heterocycles. The molecule has 0 radical (unpaired) electrons. The Labute approximate surface area is 149 Å². The second-order valence-corrected chi connectivity index (χ2v) is 6.18. The van der Waals surface area contributed by atoms with Gasteiger partial charge in [-0.3, -0.25) is 18.7 Å². The summed E-state index contributed by atoms with van der Waals surface area (Å²) in [7, 11) is 0. The van der Waals surface area contributed by atoms with Gasteiger partial charge in [-0.05, 0) is 30.1 Å². The molecule has 2 aromatic heterocycles. The van der Waals surface area contributed by atoms with E-state index < -0.39 is 35.3 Å². The summed E-state index contributed by atoms with van der Waals surface area (Å²) < 4.78 is 33.0. The minimum Gasteiger partial charge on any atom is -0.322 e. The first-order valence-electron chi connectivity index (χ1n) is 7.75. The molecule has 0 fully saturated rings. The van der Waals surface area contributed by atoms with Crippen LogP contribution in [0.15, 0.2) is 33.2 Å². The Hall–Kier alpha value is -2.88. The van der Waals surface area contributed by atoms with Crippen LogP contribution in [0.1, 0.15) is 13.3 Å². The first-order chi connectivity index (χ1) is 12.4. The predicted molar refractivity (Wildman–Crippen MR) is 93.4 cm³/mol. The van der Waals surface area contributed by atoms with E-state index in [-0.39, 0.29) is 23.3 Å². The molecule has 0 aliphatic rings. The van der Waals surface area contributed by atoms with Gasteiger partial charge in [0.15, 0.2) is 5.52 Å². The zero-order chi connectivity index (χ0) is 18.8. The number of nitrogens with zero attached hydrogens (tertiary/aromatic N) is 3. The molecule has 0 saturated heterocycles. The van der Waals surface area contributed by atoms with Crippen LogP contribution in [0.5, 0.6) is 0 Å². The maximum Gasteiger partial charge on any atom is 0.332 e. The second-order valence-electron chi connectivity index (χ2n) is 5.55. The van der Waals surface area contributed by atoms with E-state index in [0.29, 0.717) is 6.42 Å². The lowest BCUT2D eigenvalue weighted by molar-refractivity contribution is -0.116. The number of carbonyl (C=O) groups excluding carboxylic acids is 1. The van der Waals surface area contributed by atoms with Crippen LogP contribution in [0.2, 0.25) is 0 Å². The number of carbonyl (C=O) groups is 1. The summed E-state index contributed by atoms with van der Waals surface area (Å²) in [6.07, 6.45) is 0.547. The summed E-state index contributed by atoms with van der Waals surface area (Å²) in [6.45, 7) is 1.53. The molecule has 3 aromatic rings. The van der Waals surface area contributed by atoms with Gasteiger partial charge in [0.05, 0.1) is 11.2 Å². The van der Waals surface area contributed by atoms with Gasteiger partial charge in [0, 0.05) is 18.0 Å². The molecule has 26 heavy (non-hydrogen) atoms. The highest BCUT2D eigenvalue weighted by Gasteiger charge is 2.17. The standard InChI is InChI=1S/C16H14F2N4O3S/c1-2-5-21-15(24)14-12(8-26-20-14)22(16(21)25)7-13(23)19-11-6-9(17)3-4-10(11)18/h3-4,6,8H,2,5,7H2,1H3,(H,19,23). The normalized spacial score (nSPS) is 11.0. The van der Waals surface area contributed by atoms with Crippen molar-refractivity contribution < 1.29 is 13.6 Å². The van der Waals surface area contributed by atoms with Gasteiger partial charge >= 0.3 is 5.69 Å². The molecule has 0 atom stereocenters. The van der Waals surface area contributed by atoms with Crippen molar-refractivity contribution in [3.63, 3.8) is 0 Å². The number of hydrogen-bond acceptors (Lipinski definition) is 5. The van der Waals surface area contributed by atoms with E-state index in [1.54, 1.807) is 6.92 Å². The summed E-state index contributed by atoms with van der Waals surface area (Å²) in [5, 5.41) is 3.72. The zero-order valence-electron chi connectivity index (χ0n) is 13.7. The van der Waals surface area contributed by atoms with E-state index in [1.165, 1.54) is 5.38 Å². The Kier molecular flexibility index (Phi) is 4.94. The maximum absolute atomic E-state index is 13.7. The van der Waals surface area contributed by atoms with Gasteiger partial charge in [0.1, 0.15) is 18.2 Å². The molecule has 3 rings (SSSR count). The van der Waals surface area contributed by atoms with Crippen molar-refractivity contribution in [2.75, 3.05) is 5.32 Å². The molecule has 2 heterocycles. The van der Waals surface area contributed by atoms with Crippen molar-refractivity contribution in [3.8, 4) is 0 Å². The fourth-order valence-corrected chi connectivity index (χ4v) is 3.20. The molecule has 136 valence electrons. The Balaban J connectivity index is 1.99. The zero-order valence-corrected chi connectivity index (χ0v) is 14.5. The van der Waals surface area contributed by atoms with E-state index >= 15 is 0 Å². The molecule has 0 aliphatic carbocycles. The lowest BCUT2D eigenvalue weighted by Crippen LogP contribution is -2.41. The van der Waals surface area contributed by atoms with E-state index in [2.05, 4.69) is 9.69 Å². The fraction of sp³-hybridized carbons (Fsp3) is 0.250. The van der Waals surface area contributed by atoms with Crippen LogP contribution in [0.4, 0.5) is 14.5 Å². The average molecular weight is 380 g/mol. The average Bonchev–Trinajstić information content (AvgIpc) is 3.08. The predicted octanol–water partition coefficient (Wildman–Crippen LogP) is 1.95. The smallest absolute Gasteiger partial charge is 0.322 e. The quantitative estimate of drug-likeness (QED) is 0.733. The van der Waals surface area contributed by atoms with E-state index in [4.69, 9.17) is 0 Å². The first kappa shape index (κ1) is 17.9. The van der Waals surface area contributed by atoms with Gasteiger partial charge in [-0.15, -0.1) is 0 Å². The summed E-state index contributed by atoms with van der Waals surface area (Å²) in [4.78, 5) is 37.2. The molecule has 1 amide bonds. The first-order valence-corrected chi connectivity index (χ1v) is 8.58. The van der Waals surface area contributed by atoms with Gasteiger partial charge in [0.2, 0.25) is 5.91 Å². The summed E-state index contributed by atoms with van der Waals surface area (Å²) in [5.41, 5.74) is -1.18. The molecular formula is C16H14F2N4O3S. The van der Waals surface area contributed by atoms with Crippen LogP contribution >= 0.6 is 11.5 Å². The second kappa shape index (κ2) is 7.16. The summed E-state index contributed by atoms with van der Waals surface area (Å²) in [6, 6.07) is 2.66. The SMILES string of the molecule is CCCn1c(=O)c2nscc2n(CC(=O)Nc2cc(F)ccc2F)c1=O. The van der Waals surface area contributed by atoms with E-state index in [0.717, 1.165) is 38.9 Å². The molecular weight excluding hydrogens is 366 g/mol. The summed E-state index contributed by atoms with van der Waals surface area (Å²) >= 11 is 0.988. The van der Waals surface area contributed by atoms with E-state index in [9.17, 15) is 23.2 Å². The van der Waals surface area contributed by atoms with Crippen LogP contribution in [0.25, 0.3) is 11.0 Å². The van der Waals surface area contributed by atoms with Crippen LogP contribution < -0.4 is 16.6 Å². The monoisotopic (exact) mass is 380 g/mol. The van der Waals surface area contributed by atoms with Crippen molar-refractivity contribution >= 4 is 34.2 Å². The molecule has 7 nitrogen and oxygen atoms in total. The number of nitrogens with one attached hydrogen (secondary N) is 1. The van der Waals surface area contributed by atoms with Crippen LogP contribution in [0, 0.1) is 11.6 Å². The number of fused-ring (bicyclic) bond motifs is 1. The number of hydrogen-bond donors (Lipinski definition) is 1. The van der Waals surface area contributed by atoms with Gasteiger partial charge in [-0.1, -0.05) is 6.92 Å². The third kappa shape index (κ3) is 3.27. The molecule has 0 saturated carbocycles. The van der Waals surface area contributed by atoms with Crippen LogP contribution in [0.3, 0.4) is 0 Å². The highest BCUT2D eigenvalue weighted by atomic mass is 32.1. The Morgan fingerprint density at radius 1 is 1.27 bits per heavy atom. The maximum atomic E-state index is 13.7. The van der Waals surface area contributed by atoms with E-state index in [1.807, 2.05) is 0 Å². The molecule has 1 N–H and O–H groups in total. The minimum atomic E-state index is -0.801. The minimum absolute atomic E-state index is 0.0905. The van der Waals surface area contributed by atoms with Crippen molar-refractivity contribution in [2.45, 2.75) is 26.4 Å². The van der Waals surface area contributed by atoms with Crippen LogP contribution in [-0.4, -0.2) is 19.4 Å². The van der Waals surface area contributed by atoms with Crippen molar-refractivity contribution in [2.24, 2.45) is 0 Å². The van der Waals surface area contributed by atoms with Crippen molar-refractivity contribution in [3.05, 3.63) is 56.1 Å². The number of benzene rings is 1. The number of halogens is 2. The van der Waals surface area contributed by atoms with Gasteiger partial charge < -0.3 is 5.32 Å². The third-order valence-electron chi connectivity index (χ3n) is 3.70. The molecule has 0 unspecified atom stereocenters. The largest absolute Gasteiger partial charge is 0.332 e. The molecule has 0 bridgehead atoms. The van der Waals surface area contributed by atoms with Crippen molar-refractivity contribution in [1.29, 1.82) is 0 Å². The topological polar surface area (TPSA) is 86.0 Å². The van der Waals surface area contributed by atoms with Gasteiger partial charge in [-0.2, -0.15) is 4.37 Å². The molecule has 10 heteroatoms. The molecule has 0 spiro atoms. The highest BCUT2D eigenvalue weighted by molar-refractivity contribution is 7.04. The number of rotatable bonds is 5. The summed E-state index contributed by atoms with van der Waals surface area (Å²) in [5.74, 6) is -2.24. The van der Waals surface area contributed by atoms with Gasteiger partial charge in [0.25, 0.3) is 5.56 Å². The Morgan fingerprint density at radius 3 is 2.77 bits per heavy atom. The Morgan fingerprint density at radius 2 is 2.04 bits per heavy atom. The highest BCUT2D eigenvalue weighted by Crippen LogP contribution is 2.16. The Bertz CT molecular complexity index is 1100.